The summed E-state index contributed by atoms with van der Waals surface area (Å²) in [4.78, 5) is 93.1. The van der Waals surface area contributed by atoms with Gasteiger partial charge in [-0.25, -0.2) is 4.79 Å². The van der Waals surface area contributed by atoms with Gasteiger partial charge in [0.25, 0.3) is 0 Å². The molecule has 6 amide bonds. The summed E-state index contributed by atoms with van der Waals surface area (Å²) in [5.74, 6) is -1.63. The van der Waals surface area contributed by atoms with Crippen LogP contribution in [-0.4, -0.2) is 160 Å². The second-order valence-corrected chi connectivity index (χ2v) is 19.4. The zero-order valence-corrected chi connectivity index (χ0v) is 47.7. The lowest BCUT2D eigenvalue weighted by atomic mass is 9.93. The largest absolute Gasteiger partial charge is 0.481 e. The van der Waals surface area contributed by atoms with Gasteiger partial charge in [0.05, 0.1) is 96.1 Å². The Hall–Kier alpha value is -7.69. The average molecular weight is 1140 g/mol. The Morgan fingerprint density at radius 1 is 0.732 bits per heavy atom. The number of carboxylic acid groups (broad SMARTS) is 1. The number of likely N-dealkylation sites (tertiary alicyclic amines) is 1. The van der Waals surface area contributed by atoms with Crippen LogP contribution in [0.15, 0.2) is 115 Å². The quantitative estimate of drug-likeness (QED) is 0.0408. The number of rotatable bonds is 30. The first-order valence-electron chi connectivity index (χ1n) is 28.1. The zero-order chi connectivity index (χ0) is 59.2. The molecule has 21 heteroatoms. The fraction of sp³-hybridized carbons (Fsp3) is 0.459. The van der Waals surface area contributed by atoms with Crippen molar-refractivity contribution >= 4 is 58.5 Å². The fourth-order valence-corrected chi connectivity index (χ4v) is 9.35. The van der Waals surface area contributed by atoms with E-state index in [1.54, 1.807) is 75.4 Å². The Balaban J connectivity index is 0.00000609. The lowest BCUT2D eigenvalue weighted by molar-refractivity contribution is -0.154. The standard InChI is InChI=1S/C59H76N8O13.C2H6/c1-4-48-50(5-2)67(53(70)19-10-41(3)68)39-45-8-6-7-9-49(45)57(56(48)60)61-23-28-77-31-33-79-35-34-78-32-30-76-27-22-52(69)62-38-44-13-17-47(18-14-44)64-59(75)63-46-15-11-42(12-16-46)36-54(71)66-26-29-80-40-51(66)58(74)65-24-20-43(21-25-65)37-55(72)73;1-2/h4-9,11-18,43,51,61H,1-2,10,19-40,60H2,3H3,(H,62,69)(H,72,73)(H2,63,64,75);1-2H3/b50-48-,57-56-;. The third-order valence-corrected chi connectivity index (χ3v) is 13.7. The smallest absolute Gasteiger partial charge is 0.323 e. The number of benzene rings is 3. The van der Waals surface area contributed by atoms with Crippen LogP contribution in [0, 0.1) is 5.92 Å². The molecule has 0 aromatic heterocycles. The van der Waals surface area contributed by atoms with Crippen molar-refractivity contribution in [1.82, 2.24) is 25.3 Å². The molecule has 3 aromatic carbocycles. The molecule has 0 saturated carbocycles. The number of allylic oxidation sites excluding steroid dienone is 2. The van der Waals surface area contributed by atoms with Crippen LogP contribution < -0.4 is 27.0 Å². The minimum atomic E-state index is -0.841. The number of aliphatic carboxylic acids is 1. The highest BCUT2D eigenvalue weighted by Crippen LogP contribution is 2.32. The summed E-state index contributed by atoms with van der Waals surface area (Å²) in [6, 6.07) is 20.5. The van der Waals surface area contributed by atoms with E-state index in [0.717, 1.165) is 16.7 Å². The van der Waals surface area contributed by atoms with E-state index in [0.29, 0.717) is 138 Å². The molecule has 21 nitrogen and oxygen atoms in total. The number of morpholine rings is 1. The molecule has 3 aromatic rings. The van der Waals surface area contributed by atoms with E-state index in [1.165, 1.54) is 6.92 Å². The van der Waals surface area contributed by atoms with Crippen LogP contribution in [-0.2, 0) is 72.0 Å². The number of hydrogen-bond donors (Lipinski definition) is 6. The highest BCUT2D eigenvalue weighted by atomic mass is 16.6. The molecule has 3 aliphatic heterocycles. The Morgan fingerprint density at radius 2 is 1.33 bits per heavy atom. The van der Waals surface area contributed by atoms with Crippen molar-refractivity contribution in [2.24, 2.45) is 11.7 Å². The van der Waals surface area contributed by atoms with E-state index >= 15 is 0 Å². The van der Waals surface area contributed by atoms with Crippen LogP contribution in [0.25, 0.3) is 5.70 Å². The Kier molecular flexibility index (Phi) is 28.0. The van der Waals surface area contributed by atoms with Crippen LogP contribution in [0.2, 0.25) is 0 Å². The first kappa shape index (κ1) is 65.1. The van der Waals surface area contributed by atoms with E-state index < -0.39 is 18.0 Å². The van der Waals surface area contributed by atoms with Crippen molar-refractivity contribution in [3.8, 4) is 0 Å². The van der Waals surface area contributed by atoms with Gasteiger partial charge in [-0.2, -0.15) is 0 Å². The van der Waals surface area contributed by atoms with Crippen molar-refractivity contribution in [3.05, 3.63) is 137 Å². The van der Waals surface area contributed by atoms with Crippen LogP contribution in [0.4, 0.5) is 16.2 Å². The van der Waals surface area contributed by atoms with Crippen LogP contribution in [0.1, 0.15) is 81.5 Å². The molecule has 444 valence electrons. The summed E-state index contributed by atoms with van der Waals surface area (Å²) in [5.41, 5.74) is 13.3. The van der Waals surface area contributed by atoms with Crippen molar-refractivity contribution in [3.63, 3.8) is 0 Å². The van der Waals surface area contributed by atoms with Gasteiger partial charge >= 0.3 is 12.0 Å². The molecule has 6 rings (SSSR count). The highest BCUT2D eigenvalue weighted by Gasteiger charge is 2.37. The number of anilines is 2. The predicted octanol–water partition coefficient (Wildman–Crippen LogP) is 6.17. The van der Waals surface area contributed by atoms with Gasteiger partial charge < -0.3 is 75.3 Å². The van der Waals surface area contributed by atoms with E-state index in [1.807, 2.05) is 38.1 Å². The molecule has 82 heavy (non-hydrogen) atoms. The van der Waals surface area contributed by atoms with E-state index in [4.69, 9.17) is 34.5 Å². The summed E-state index contributed by atoms with van der Waals surface area (Å²) < 4.78 is 28.2. The third-order valence-electron chi connectivity index (χ3n) is 13.7. The number of carbonyl (C=O) groups excluding carboxylic acids is 6. The molecular weight excluding hydrogens is 1050 g/mol. The number of nitrogens with two attached hydrogens (primary N) is 1. The summed E-state index contributed by atoms with van der Waals surface area (Å²) in [6.45, 7) is 18.8. The van der Waals surface area contributed by atoms with Crippen LogP contribution in [0.3, 0.4) is 0 Å². The van der Waals surface area contributed by atoms with Crippen molar-refractivity contribution < 1.29 is 62.4 Å². The second kappa shape index (κ2) is 35.2. The number of fused-ring (bicyclic) bond motifs is 1. The molecule has 3 heterocycles. The van der Waals surface area contributed by atoms with Gasteiger partial charge in [-0.3, -0.25) is 24.0 Å². The Bertz CT molecular complexity index is 2690. The molecule has 1 atom stereocenters. The molecule has 3 aliphatic rings. The summed E-state index contributed by atoms with van der Waals surface area (Å²) in [7, 11) is 0. The number of ketones is 1. The average Bonchev–Trinajstić information content (AvgIpc) is 3.18. The number of piperidine rings is 1. The first-order chi connectivity index (χ1) is 39.7. The van der Waals surface area contributed by atoms with Gasteiger partial charge in [-0.05, 0) is 72.7 Å². The van der Waals surface area contributed by atoms with Gasteiger partial charge in [-0.15, -0.1) is 0 Å². The number of amides is 6. The van der Waals surface area contributed by atoms with Crippen LogP contribution in [0.5, 0.6) is 0 Å². The second-order valence-electron chi connectivity index (χ2n) is 19.4. The number of ether oxygens (including phenoxy) is 5. The molecule has 7 N–H and O–H groups in total. The van der Waals surface area contributed by atoms with Gasteiger partial charge in [0, 0.05) is 80.9 Å². The topological polar surface area (TPSA) is 270 Å². The van der Waals surface area contributed by atoms with Crippen LogP contribution >= 0.6 is 0 Å². The number of Topliss-reactive ketones (excluding diaryl/α,β-unsaturated/α-hetero) is 1. The first-order valence-corrected chi connectivity index (χ1v) is 28.1. The summed E-state index contributed by atoms with van der Waals surface area (Å²) >= 11 is 0. The molecule has 0 aliphatic carbocycles. The monoisotopic (exact) mass is 1130 g/mol. The summed E-state index contributed by atoms with van der Waals surface area (Å²) in [6.07, 6.45) is 4.95. The van der Waals surface area contributed by atoms with Crippen molar-refractivity contribution in [2.45, 2.75) is 84.8 Å². The highest BCUT2D eigenvalue weighted by molar-refractivity contribution is 6.00. The Labute approximate surface area is 481 Å². The third kappa shape index (κ3) is 21.0. The number of hydrogen-bond acceptors (Lipinski definition) is 14. The normalized spacial score (nSPS) is 17.2. The van der Waals surface area contributed by atoms with E-state index in [2.05, 4.69) is 34.4 Å². The Morgan fingerprint density at radius 3 is 1.93 bits per heavy atom. The van der Waals surface area contributed by atoms with Gasteiger partial charge in [0.15, 0.2) is 0 Å². The number of urea groups is 1. The minimum absolute atomic E-state index is 0.0348. The van der Waals surface area contributed by atoms with Gasteiger partial charge in [0.2, 0.25) is 23.6 Å². The maximum atomic E-state index is 13.4. The SMILES string of the molecule is C=CC1=C(\C=C)N(C(=O)CCC(C)=O)Cc2ccccc2/C(NCCOCCOCCOCCOCCC(=O)NCc2ccc(NC(=O)Nc3ccc(CC(=O)N4CCOCC4C(=O)N4CCC(CC(=O)O)CC4)cc3)cc2)=C\1N.CC. The minimum Gasteiger partial charge on any atom is -0.481 e. The lowest BCUT2D eigenvalue weighted by Crippen LogP contribution is -2.58. The molecular formula is C61H82N8O13. The molecule has 0 bridgehead atoms. The molecule has 1 unspecified atom stereocenters. The number of nitrogens with one attached hydrogen (secondary N) is 4. The molecule has 2 saturated heterocycles. The number of carbonyl (C=O) groups is 7. The predicted molar refractivity (Wildman–Crippen MR) is 312 cm³/mol. The lowest BCUT2D eigenvalue weighted by Gasteiger charge is -2.39. The number of nitrogens with zero attached hydrogens (tertiary/aromatic N) is 3. The van der Waals surface area contributed by atoms with Gasteiger partial charge in [0.1, 0.15) is 11.8 Å². The summed E-state index contributed by atoms with van der Waals surface area (Å²) in [5, 5.41) is 21.0. The molecule has 2 fully saturated rings. The molecule has 0 spiro atoms. The van der Waals surface area contributed by atoms with Gasteiger partial charge in [-0.1, -0.05) is 81.6 Å². The van der Waals surface area contributed by atoms with Crippen molar-refractivity contribution in [2.75, 3.05) is 103 Å². The van der Waals surface area contributed by atoms with E-state index in [-0.39, 0.29) is 87.2 Å². The molecule has 0 radical (unpaired) electrons. The zero-order valence-electron chi connectivity index (χ0n) is 47.7. The fourth-order valence-electron chi connectivity index (χ4n) is 9.35. The van der Waals surface area contributed by atoms with E-state index in [9.17, 15) is 33.6 Å². The number of carboxylic acids is 1. The maximum absolute atomic E-state index is 13.4. The van der Waals surface area contributed by atoms with Crippen molar-refractivity contribution in [1.29, 1.82) is 0 Å². The maximum Gasteiger partial charge on any atom is 0.323 e.